The fourth-order valence-corrected chi connectivity index (χ4v) is 5.33. The first kappa shape index (κ1) is 27.8. The van der Waals surface area contributed by atoms with Crippen molar-refractivity contribution < 1.29 is 26.6 Å². The lowest BCUT2D eigenvalue weighted by molar-refractivity contribution is -0.137. The molecule has 2 aromatic heterocycles. The van der Waals surface area contributed by atoms with Crippen LogP contribution in [0, 0.1) is 11.7 Å². The molecular weight excluding hydrogens is 520 g/mol. The molecule has 1 aliphatic rings. The Kier molecular flexibility index (Phi) is 8.27. The molecule has 1 N–H and O–H groups in total. The van der Waals surface area contributed by atoms with Gasteiger partial charge >= 0.3 is 6.18 Å². The Hall–Kier alpha value is -3.18. The van der Waals surface area contributed by atoms with Crippen LogP contribution in [-0.4, -0.2) is 30.7 Å². The molecule has 1 unspecified atom stereocenters. The summed E-state index contributed by atoms with van der Waals surface area (Å²) in [7, 11) is -1.33. The van der Waals surface area contributed by atoms with Gasteiger partial charge in [0.2, 0.25) is 0 Å². The number of nitrogens with zero attached hydrogens (tertiary/aromatic N) is 3. The quantitative estimate of drug-likeness (QED) is 0.382. The average molecular weight is 549 g/mol. The molecule has 11 heteroatoms. The predicted molar refractivity (Wildman–Crippen MR) is 135 cm³/mol. The van der Waals surface area contributed by atoms with E-state index in [0.29, 0.717) is 29.3 Å². The van der Waals surface area contributed by atoms with Crippen LogP contribution in [0.4, 0.5) is 17.6 Å². The van der Waals surface area contributed by atoms with Gasteiger partial charge in [-0.1, -0.05) is 32.9 Å². The van der Waals surface area contributed by atoms with E-state index in [1.807, 2.05) is 13.8 Å². The van der Waals surface area contributed by atoms with Gasteiger partial charge in [0, 0.05) is 31.2 Å². The molecule has 1 amide bonds. The van der Waals surface area contributed by atoms with E-state index in [-0.39, 0.29) is 24.2 Å². The number of carbonyl (C=O) groups excluding carboxylic acids is 1. The normalized spacial score (nSPS) is 16.5. The Morgan fingerprint density at radius 3 is 2.47 bits per heavy atom. The van der Waals surface area contributed by atoms with Crippen molar-refractivity contribution in [2.75, 3.05) is 5.75 Å². The molecule has 0 spiro atoms. The van der Waals surface area contributed by atoms with E-state index in [0.717, 1.165) is 29.0 Å². The number of benzene rings is 1. The second kappa shape index (κ2) is 11.3. The zero-order valence-electron chi connectivity index (χ0n) is 21.2. The van der Waals surface area contributed by atoms with Crippen molar-refractivity contribution in [1.82, 2.24) is 20.2 Å². The first-order valence-corrected chi connectivity index (χ1v) is 13.5. The smallest absolute Gasteiger partial charge is 0.346 e. The first-order chi connectivity index (χ1) is 18.0. The molecule has 6 nitrogen and oxygen atoms in total. The van der Waals surface area contributed by atoms with Crippen molar-refractivity contribution in [3.05, 3.63) is 88.3 Å². The summed E-state index contributed by atoms with van der Waals surface area (Å²) < 4.78 is 65.0. The zero-order valence-corrected chi connectivity index (χ0v) is 22.0. The number of pyridine rings is 2. The van der Waals surface area contributed by atoms with Gasteiger partial charge in [-0.25, -0.2) is 4.39 Å². The number of alkyl halides is 3. The van der Waals surface area contributed by atoms with Gasteiger partial charge < -0.3 is 5.32 Å². The summed E-state index contributed by atoms with van der Waals surface area (Å²) in [5.74, 6) is -0.556. The van der Waals surface area contributed by atoms with Crippen LogP contribution in [0.5, 0.6) is 0 Å². The number of nitrogens with one attached hydrogen (secondary N) is 1. The molecule has 0 fully saturated rings. The fourth-order valence-electron chi connectivity index (χ4n) is 4.59. The van der Waals surface area contributed by atoms with E-state index < -0.39 is 34.3 Å². The SMILES string of the molecule is CCS(=O)c1cnc(CNC(=O)c2cnc3c(c2)CN(Cc2ccc(C(F)(F)F)cc2)[C@H]3C(C)C)c(F)c1. The Balaban J connectivity index is 1.46. The van der Waals surface area contributed by atoms with E-state index in [1.165, 1.54) is 30.6 Å². The Bertz CT molecular complexity index is 1350. The number of amides is 1. The van der Waals surface area contributed by atoms with Crippen LogP contribution in [0.2, 0.25) is 0 Å². The molecule has 0 aliphatic carbocycles. The maximum absolute atomic E-state index is 14.4. The summed E-state index contributed by atoms with van der Waals surface area (Å²) in [6, 6.07) is 7.98. The summed E-state index contributed by atoms with van der Waals surface area (Å²) in [6.07, 6.45) is -1.56. The van der Waals surface area contributed by atoms with Crippen LogP contribution in [0.25, 0.3) is 0 Å². The monoisotopic (exact) mass is 548 g/mol. The maximum atomic E-state index is 14.4. The van der Waals surface area contributed by atoms with Crippen LogP contribution in [-0.2, 0) is 36.6 Å². The molecule has 3 heterocycles. The molecule has 0 bridgehead atoms. The third-order valence-corrected chi connectivity index (χ3v) is 7.72. The van der Waals surface area contributed by atoms with E-state index in [2.05, 4.69) is 20.2 Å². The summed E-state index contributed by atoms with van der Waals surface area (Å²) in [5.41, 5.74) is 2.09. The largest absolute Gasteiger partial charge is 0.416 e. The second-order valence-electron chi connectivity index (χ2n) is 9.47. The van der Waals surface area contributed by atoms with Crippen molar-refractivity contribution in [2.45, 2.75) is 57.5 Å². The Labute approximate surface area is 221 Å². The van der Waals surface area contributed by atoms with E-state index in [1.54, 1.807) is 13.0 Å². The van der Waals surface area contributed by atoms with E-state index in [9.17, 15) is 26.6 Å². The molecule has 1 aliphatic heterocycles. The minimum Gasteiger partial charge on any atom is -0.346 e. The standard InChI is InChI=1S/C27H28F4N4O2S/c1-4-38(37)21-10-22(28)23(32-12-21)13-34-26(36)18-9-19-15-35(25(16(2)3)24(19)33-11-18)14-17-5-7-20(8-6-17)27(29,30)31/h5-12,16,25H,4,13-15H2,1-3H3,(H,34,36)/t25-,38?/m0/s1. The summed E-state index contributed by atoms with van der Waals surface area (Å²) in [6.45, 7) is 6.59. The molecular formula is C27H28F4N4O2S. The number of hydrogen-bond acceptors (Lipinski definition) is 5. The van der Waals surface area contributed by atoms with Crippen LogP contribution >= 0.6 is 0 Å². The minimum atomic E-state index is -4.38. The van der Waals surface area contributed by atoms with Gasteiger partial charge in [-0.2, -0.15) is 13.2 Å². The van der Waals surface area contributed by atoms with Gasteiger partial charge in [0.15, 0.2) is 0 Å². The third kappa shape index (κ3) is 6.10. The van der Waals surface area contributed by atoms with Crippen LogP contribution in [0.3, 0.4) is 0 Å². The second-order valence-corrected chi connectivity index (χ2v) is 11.2. The summed E-state index contributed by atoms with van der Waals surface area (Å²) >= 11 is 0. The minimum absolute atomic E-state index is 0.0342. The highest BCUT2D eigenvalue weighted by atomic mass is 32.2. The van der Waals surface area contributed by atoms with Gasteiger partial charge in [-0.3, -0.25) is 23.9 Å². The summed E-state index contributed by atoms with van der Waals surface area (Å²) in [5, 5.41) is 2.65. The van der Waals surface area contributed by atoms with Crippen LogP contribution < -0.4 is 5.32 Å². The lowest BCUT2D eigenvalue weighted by atomic mass is 9.99. The van der Waals surface area contributed by atoms with E-state index >= 15 is 0 Å². The molecule has 0 saturated carbocycles. The van der Waals surface area contributed by atoms with Gasteiger partial charge in [-0.15, -0.1) is 0 Å². The molecule has 3 aromatic rings. The first-order valence-electron chi connectivity index (χ1n) is 12.2. The number of hydrogen-bond donors (Lipinski definition) is 1. The lowest BCUT2D eigenvalue weighted by Crippen LogP contribution is -2.26. The zero-order chi connectivity index (χ0) is 27.6. The Morgan fingerprint density at radius 1 is 1.16 bits per heavy atom. The summed E-state index contributed by atoms with van der Waals surface area (Å²) in [4.78, 5) is 23.8. The van der Waals surface area contributed by atoms with Gasteiger partial charge in [0.25, 0.3) is 5.91 Å². The van der Waals surface area contributed by atoms with Crippen LogP contribution in [0.1, 0.15) is 65.2 Å². The highest BCUT2D eigenvalue weighted by Crippen LogP contribution is 2.39. The number of halogens is 4. The average Bonchev–Trinajstić information content (AvgIpc) is 3.24. The van der Waals surface area contributed by atoms with Gasteiger partial charge in [0.05, 0.1) is 50.8 Å². The maximum Gasteiger partial charge on any atom is 0.416 e. The van der Waals surface area contributed by atoms with Crippen molar-refractivity contribution in [3.63, 3.8) is 0 Å². The van der Waals surface area contributed by atoms with Crippen molar-refractivity contribution in [3.8, 4) is 0 Å². The molecule has 2 atom stereocenters. The van der Waals surface area contributed by atoms with Crippen molar-refractivity contribution >= 4 is 16.7 Å². The Morgan fingerprint density at radius 2 is 1.87 bits per heavy atom. The highest BCUT2D eigenvalue weighted by Gasteiger charge is 2.35. The number of aromatic nitrogens is 2. The molecule has 0 saturated heterocycles. The highest BCUT2D eigenvalue weighted by molar-refractivity contribution is 7.85. The lowest BCUT2D eigenvalue weighted by Gasteiger charge is -2.27. The molecule has 202 valence electrons. The number of rotatable bonds is 8. The topological polar surface area (TPSA) is 75.2 Å². The number of fused-ring (bicyclic) bond motifs is 1. The van der Waals surface area contributed by atoms with Crippen LogP contribution in [0.15, 0.2) is 53.7 Å². The molecule has 4 rings (SSSR count). The van der Waals surface area contributed by atoms with Crippen molar-refractivity contribution in [1.29, 1.82) is 0 Å². The molecule has 0 radical (unpaired) electrons. The van der Waals surface area contributed by atoms with E-state index in [4.69, 9.17) is 0 Å². The molecule has 1 aromatic carbocycles. The van der Waals surface area contributed by atoms with Crippen molar-refractivity contribution in [2.24, 2.45) is 5.92 Å². The molecule has 38 heavy (non-hydrogen) atoms. The van der Waals surface area contributed by atoms with Gasteiger partial charge in [0.1, 0.15) is 5.82 Å². The number of carbonyl (C=O) groups is 1. The predicted octanol–water partition coefficient (Wildman–Crippen LogP) is 5.40. The fraction of sp³-hybridized carbons (Fsp3) is 0.370. The third-order valence-electron chi connectivity index (χ3n) is 6.44. The van der Waals surface area contributed by atoms with Gasteiger partial charge in [-0.05, 0) is 41.3 Å².